The van der Waals surface area contributed by atoms with Crippen molar-refractivity contribution in [3.63, 3.8) is 0 Å². The fourth-order valence-corrected chi connectivity index (χ4v) is 2.25. The van der Waals surface area contributed by atoms with Crippen LogP contribution in [-0.2, 0) is 0 Å². The van der Waals surface area contributed by atoms with Gasteiger partial charge in [0.1, 0.15) is 17.5 Å². The highest BCUT2D eigenvalue weighted by Crippen LogP contribution is 2.23. The van der Waals surface area contributed by atoms with Crippen LogP contribution in [0.4, 0.5) is 0 Å². The van der Waals surface area contributed by atoms with E-state index in [9.17, 15) is 0 Å². The maximum absolute atomic E-state index is 5.96. The molecule has 2 aromatic heterocycles. The van der Waals surface area contributed by atoms with Crippen molar-refractivity contribution in [3.05, 3.63) is 47.7 Å². The van der Waals surface area contributed by atoms with E-state index in [1.165, 1.54) is 0 Å². The Morgan fingerprint density at radius 1 is 1.14 bits per heavy atom. The minimum absolute atomic E-state index is 0.440. The molecular weight excluding hydrogens is 300 g/mol. The van der Waals surface area contributed by atoms with Gasteiger partial charge in [0.25, 0.3) is 0 Å². The molecule has 2 heterocycles. The molecule has 0 radical (unpaired) electrons. The molecule has 0 bridgehead atoms. The summed E-state index contributed by atoms with van der Waals surface area (Å²) in [5.74, 6) is 0.852. The Bertz CT molecular complexity index is 767. The van der Waals surface area contributed by atoms with Crippen molar-refractivity contribution in [2.75, 3.05) is 27.2 Å². The van der Waals surface area contributed by atoms with Gasteiger partial charge in [-0.15, -0.1) is 0 Å². The van der Waals surface area contributed by atoms with Gasteiger partial charge in [0, 0.05) is 12.1 Å². The second-order valence-corrected chi connectivity index (χ2v) is 5.63. The van der Waals surface area contributed by atoms with Gasteiger partial charge in [-0.1, -0.05) is 11.6 Å². The van der Waals surface area contributed by atoms with Gasteiger partial charge in [0.05, 0.1) is 11.9 Å². The summed E-state index contributed by atoms with van der Waals surface area (Å²) in [4.78, 5) is 6.42. The third kappa shape index (κ3) is 3.21. The van der Waals surface area contributed by atoms with E-state index >= 15 is 0 Å². The summed E-state index contributed by atoms with van der Waals surface area (Å²) in [5.41, 5.74) is 2.69. The number of likely N-dealkylation sites (N-methyl/N-ethyl adjacent to an activating group) is 1. The molecule has 0 aliphatic heterocycles. The summed E-state index contributed by atoms with van der Waals surface area (Å²) < 4.78 is 7.44. The van der Waals surface area contributed by atoms with Crippen molar-refractivity contribution < 1.29 is 4.74 Å². The predicted molar refractivity (Wildman–Crippen MR) is 87.5 cm³/mol. The van der Waals surface area contributed by atoms with Crippen LogP contribution >= 0.6 is 11.6 Å². The molecule has 5 nitrogen and oxygen atoms in total. The molecule has 0 atom stereocenters. The van der Waals surface area contributed by atoms with Crippen LogP contribution < -0.4 is 4.74 Å². The van der Waals surface area contributed by atoms with E-state index in [0.29, 0.717) is 11.8 Å². The SMILES string of the molecule is CN(C)CCOc1ccc(-c2cnc3ccc(Cl)nn23)cc1. The van der Waals surface area contributed by atoms with Gasteiger partial charge in [-0.3, -0.25) is 0 Å². The van der Waals surface area contributed by atoms with Gasteiger partial charge in [0.15, 0.2) is 5.65 Å². The van der Waals surface area contributed by atoms with Crippen LogP contribution in [0, 0.1) is 0 Å². The van der Waals surface area contributed by atoms with Crippen molar-refractivity contribution >= 4 is 17.2 Å². The molecule has 3 rings (SSSR count). The van der Waals surface area contributed by atoms with E-state index in [1.54, 1.807) is 16.8 Å². The number of aromatic nitrogens is 3. The van der Waals surface area contributed by atoms with Crippen LogP contribution in [0.3, 0.4) is 0 Å². The smallest absolute Gasteiger partial charge is 0.154 e. The Labute approximate surface area is 134 Å². The average Bonchev–Trinajstić information content (AvgIpc) is 2.90. The fraction of sp³-hybridized carbons (Fsp3) is 0.250. The molecule has 0 aliphatic carbocycles. The molecule has 0 saturated heterocycles. The molecule has 0 unspecified atom stereocenters. The monoisotopic (exact) mass is 316 g/mol. The van der Waals surface area contributed by atoms with Gasteiger partial charge in [-0.05, 0) is 50.5 Å². The third-order valence-corrected chi connectivity index (χ3v) is 3.49. The standard InChI is InChI=1S/C16H17ClN4O/c1-20(2)9-10-22-13-5-3-12(4-6-13)14-11-18-16-8-7-15(17)19-21(14)16/h3-8,11H,9-10H2,1-2H3. The zero-order chi connectivity index (χ0) is 15.5. The molecule has 0 spiro atoms. The van der Waals surface area contributed by atoms with Crippen LogP contribution in [0.1, 0.15) is 0 Å². The molecule has 114 valence electrons. The topological polar surface area (TPSA) is 42.7 Å². The minimum atomic E-state index is 0.440. The lowest BCUT2D eigenvalue weighted by Crippen LogP contribution is -2.19. The Morgan fingerprint density at radius 2 is 1.91 bits per heavy atom. The maximum Gasteiger partial charge on any atom is 0.154 e. The molecule has 22 heavy (non-hydrogen) atoms. The van der Waals surface area contributed by atoms with E-state index in [2.05, 4.69) is 15.0 Å². The van der Waals surface area contributed by atoms with E-state index in [4.69, 9.17) is 16.3 Å². The highest BCUT2D eigenvalue weighted by Gasteiger charge is 2.07. The molecular formula is C16H17ClN4O. The highest BCUT2D eigenvalue weighted by molar-refractivity contribution is 6.29. The largest absolute Gasteiger partial charge is 0.492 e. The van der Waals surface area contributed by atoms with E-state index in [-0.39, 0.29) is 0 Å². The van der Waals surface area contributed by atoms with Crippen molar-refractivity contribution in [1.29, 1.82) is 0 Å². The third-order valence-electron chi connectivity index (χ3n) is 3.29. The summed E-state index contributed by atoms with van der Waals surface area (Å²) >= 11 is 5.96. The van der Waals surface area contributed by atoms with Gasteiger partial charge in [-0.25, -0.2) is 9.50 Å². The van der Waals surface area contributed by atoms with Gasteiger partial charge >= 0.3 is 0 Å². The van der Waals surface area contributed by atoms with Crippen LogP contribution in [0.15, 0.2) is 42.6 Å². The molecule has 6 heteroatoms. The number of fused-ring (bicyclic) bond motifs is 1. The highest BCUT2D eigenvalue weighted by atomic mass is 35.5. The van der Waals surface area contributed by atoms with Crippen LogP contribution in [0.5, 0.6) is 5.75 Å². The molecule has 1 aromatic carbocycles. The lowest BCUT2D eigenvalue weighted by Gasteiger charge is -2.11. The lowest BCUT2D eigenvalue weighted by molar-refractivity contribution is 0.261. The van der Waals surface area contributed by atoms with Crippen molar-refractivity contribution in [3.8, 4) is 17.0 Å². The summed E-state index contributed by atoms with van der Waals surface area (Å²) in [6.45, 7) is 1.55. The molecule has 0 aliphatic rings. The molecule has 0 fully saturated rings. The van der Waals surface area contributed by atoms with E-state index in [0.717, 1.165) is 29.2 Å². The van der Waals surface area contributed by atoms with Crippen LogP contribution in [0.2, 0.25) is 5.15 Å². The quantitative estimate of drug-likeness (QED) is 0.726. The van der Waals surface area contributed by atoms with Gasteiger partial charge in [-0.2, -0.15) is 5.10 Å². The number of ether oxygens (including phenoxy) is 1. The molecule has 0 N–H and O–H groups in total. The number of hydrogen-bond donors (Lipinski definition) is 0. The maximum atomic E-state index is 5.96. The van der Waals surface area contributed by atoms with E-state index < -0.39 is 0 Å². The average molecular weight is 317 g/mol. The first-order chi connectivity index (χ1) is 10.6. The van der Waals surface area contributed by atoms with Gasteiger partial charge in [0.2, 0.25) is 0 Å². The Hall–Kier alpha value is -2.11. The Balaban J connectivity index is 1.81. The minimum Gasteiger partial charge on any atom is -0.492 e. The summed E-state index contributed by atoms with van der Waals surface area (Å²) in [6.07, 6.45) is 1.79. The first kappa shape index (κ1) is 14.8. The summed E-state index contributed by atoms with van der Waals surface area (Å²) in [7, 11) is 4.05. The first-order valence-electron chi connectivity index (χ1n) is 7.02. The number of hydrogen-bond acceptors (Lipinski definition) is 4. The second kappa shape index (κ2) is 6.34. The Morgan fingerprint density at radius 3 is 2.64 bits per heavy atom. The van der Waals surface area contributed by atoms with Crippen LogP contribution in [-0.4, -0.2) is 46.7 Å². The predicted octanol–water partition coefficient (Wildman–Crippen LogP) is 2.99. The number of benzene rings is 1. The summed E-state index contributed by atoms with van der Waals surface area (Å²) in [6, 6.07) is 11.5. The van der Waals surface area contributed by atoms with E-state index in [1.807, 2.05) is 44.4 Å². The first-order valence-corrected chi connectivity index (χ1v) is 7.39. The van der Waals surface area contributed by atoms with Crippen molar-refractivity contribution in [1.82, 2.24) is 19.5 Å². The molecule has 3 aromatic rings. The fourth-order valence-electron chi connectivity index (χ4n) is 2.12. The lowest BCUT2D eigenvalue weighted by atomic mass is 10.1. The van der Waals surface area contributed by atoms with Gasteiger partial charge < -0.3 is 9.64 Å². The summed E-state index contributed by atoms with van der Waals surface area (Å²) in [5, 5.41) is 4.73. The normalized spacial score (nSPS) is 11.3. The van der Waals surface area contributed by atoms with Crippen LogP contribution in [0.25, 0.3) is 16.9 Å². The number of imidazole rings is 1. The van der Waals surface area contributed by atoms with Crippen molar-refractivity contribution in [2.45, 2.75) is 0 Å². The molecule has 0 amide bonds. The van der Waals surface area contributed by atoms with Crippen molar-refractivity contribution in [2.24, 2.45) is 0 Å². The number of halogens is 1. The zero-order valence-corrected chi connectivity index (χ0v) is 13.3. The zero-order valence-electron chi connectivity index (χ0n) is 12.5. The Kier molecular flexibility index (Phi) is 4.27. The molecule has 0 saturated carbocycles. The number of rotatable bonds is 5. The number of nitrogens with zero attached hydrogens (tertiary/aromatic N) is 4. The second-order valence-electron chi connectivity index (χ2n) is 5.25.